The second-order valence-electron chi connectivity index (χ2n) is 5.82. The van der Waals surface area contributed by atoms with Gasteiger partial charge in [-0.15, -0.1) is 0 Å². The van der Waals surface area contributed by atoms with E-state index in [1.165, 1.54) is 11.1 Å². The van der Waals surface area contributed by atoms with Gasteiger partial charge in [0.05, 0.1) is 12.2 Å². The second-order valence-corrected chi connectivity index (χ2v) is 6.74. The minimum absolute atomic E-state index is 0.698. The maximum absolute atomic E-state index is 10.7. The van der Waals surface area contributed by atoms with E-state index >= 15 is 0 Å². The molecular weight excluding hydrogens is 328 g/mol. The van der Waals surface area contributed by atoms with Gasteiger partial charge in [-0.25, -0.2) is 0 Å². The summed E-state index contributed by atoms with van der Waals surface area (Å²) in [6.45, 7) is 2.67. The number of benzene rings is 2. The quantitative estimate of drug-likeness (QED) is 0.897. The van der Waals surface area contributed by atoms with Crippen molar-refractivity contribution >= 4 is 15.9 Å². The number of fused-ring (bicyclic) bond motifs is 1. The van der Waals surface area contributed by atoms with E-state index in [2.05, 4.69) is 28.1 Å². The van der Waals surface area contributed by atoms with Gasteiger partial charge in [0.25, 0.3) is 0 Å². The summed E-state index contributed by atoms with van der Waals surface area (Å²) in [4.78, 5) is 0. The van der Waals surface area contributed by atoms with Gasteiger partial charge in [0.1, 0.15) is 5.75 Å². The lowest BCUT2D eigenvalue weighted by atomic mass is 9.89. The van der Waals surface area contributed by atoms with Crippen LogP contribution in [0.3, 0.4) is 0 Å². The van der Waals surface area contributed by atoms with Gasteiger partial charge < -0.3 is 9.84 Å². The maximum atomic E-state index is 10.7. The topological polar surface area (TPSA) is 29.5 Å². The van der Waals surface area contributed by atoms with Gasteiger partial charge in [-0.2, -0.15) is 0 Å². The van der Waals surface area contributed by atoms with Gasteiger partial charge >= 0.3 is 0 Å². The Morgan fingerprint density at radius 1 is 1.24 bits per heavy atom. The lowest BCUT2D eigenvalue weighted by molar-refractivity contribution is 0.0480. The van der Waals surface area contributed by atoms with Crippen LogP contribution in [0, 0.1) is 0 Å². The van der Waals surface area contributed by atoms with E-state index in [0.717, 1.165) is 35.2 Å². The van der Waals surface area contributed by atoms with E-state index in [9.17, 15) is 5.11 Å². The summed E-state index contributed by atoms with van der Waals surface area (Å²) in [5.74, 6) is 1.01. The zero-order valence-electron chi connectivity index (χ0n) is 12.1. The summed E-state index contributed by atoms with van der Waals surface area (Å²) < 4.78 is 6.52. The third kappa shape index (κ3) is 3.30. The van der Waals surface area contributed by atoms with E-state index in [4.69, 9.17) is 4.74 Å². The standard InChI is InChI=1S/C18H19BrO2/c1-18(20,15-3-2-4-16(19)12-15)9-7-13-5-6-17-14(11-13)8-10-21-17/h2-6,11-12,20H,7-10H2,1H3. The minimum Gasteiger partial charge on any atom is -0.493 e. The van der Waals surface area contributed by atoms with Gasteiger partial charge in [0, 0.05) is 10.9 Å². The van der Waals surface area contributed by atoms with E-state index in [0.29, 0.717) is 6.42 Å². The first kappa shape index (κ1) is 14.6. The summed E-state index contributed by atoms with van der Waals surface area (Å²) in [5, 5.41) is 10.7. The van der Waals surface area contributed by atoms with Crippen molar-refractivity contribution in [2.45, 2.75) is 31.8 Å². The molecule has 1 unspecified atom stereocenters. The number of aliphatic hydroxyl groups is 1. The molecule has 0 radical (unpaired) electrons. The van der Waals surface area contributed by atoms with Gasteiger partial charge in [-0.05, 0) is 54.7 Å². The third-order valence-electron chi connectivity index (χ3n) is 4.10. The highest BCUT2D eigenvalue weighted by molar-refractivity contribution is 9.10. The first-order valence-electron chi connectivity index (χ1n) is 7.28. The van der Waals surface area contributed by atoms with Crippen LogP contribution in [-0.2, 0) is 18.4 Å². The molecule has 2 aromatic carbocycles. The second kappa shape index (κ2) is 5.82. The Morgan fingerprint density at radius 3 is 2.90 bits per heavy atom. The molecule has 1 N–H and O–H groups in total. The zero-order chi connectivity index (χ0) is 14.9. The van der Waals surface area contributed by atoms with Crippen LogP contribution in [0.15, 0.2) is 46.9 Å². The molecule has 1 heterocycles. The largest absolute Gasteiger partial charge is 0.493 e. The summed E-state index contributed by atoms with van der Waals surface area (Å²) >= 11 is 3.46. The summed E-state index contributed by atoms with van der Waals surface area (Å²) in [6, 6.07) is 14.2. The highest BCUT2D eigenvalue weighted by Crippen LogP contribution is 2.30. The van der Waals surface area contributed by atoms with E-state index in [1.54, 1.807) is 0 Å². The van der Waals surface area contributed by atoms with Gasteiger partial charge in [-0.3, -0.25) is 0 Å². The molecule has 0 saturated carbocycles. The molecule has 0 aromatic heterocycles. The van der Waals surface area contributed by atoms with Gasteiger partial charge in [0.15, 0.2) is 0 Å². The van der Waals surface area contributed by atoms with Crippen LogP contribution in [0.4, 0.5) is 0 Å². The molecule has 0 fully saturated rings. The summed E-state index contributed by atoms with van der Waals surface area (Å²) in [6.07, 6.45) is 2.54. The Labute approximate surface area is 133 Å². The predicted octanol–water partition coefficient (Wildman–Crippen LogP) is 4.22. The van der Waals surface area contributed by atoms with Crippen molar-refractivity contribution < 1.29 is 9.84 Å². The van der Waals surface area contributed by atoms with Crippen LogP contribution in [-0.4, -0.2) is 11.7 Å². The molecule has 1 aliphatic heterocycles. The lowest BCUT2D eigenvalue weighted by Gasteiger charge is -2.24. The van der Waals surface area contributed by atoms with Crippen molar-refractivity contribution in [3.8, 4) is 5.75 Å². The highest BCUT2D eigenvalue weighted by atomic mass is 79.9. The van der Waals surface area contributed by atoms with Crippen LogP contribution in [0.5, 0.6) is 5.75 Å². The molecule has 0 saturated heterocycles. The number of aryl methyl sites for hydroxylation is 1. The Morgan fingerprint density at radius 2 is 2.10 bits per heavy atom. The fourth-order valence-electron chi connectivity index (χ4n) is 2.75. The SMILES string of the molecule is CC(O)(CCc1ccc2c(c1)CCO2)c1cccc(Br)c1. The molecule has 3 rings (SSSR count). The normalized spacial score (nSPS) is 16.1. The fourth-order valence-corrected chi connectivity index (χ4v) is 3.15. The van der Waals surface area contributed by atoms with Crippen molar-refractivity contribution in [2.75, 3.05) is 6.61 Å². The Bertz CT molecular complexity index is 649. The van der Waals surface area contributed by atoms with Gasteiger partial charge in [0.2, 0.25) is 0 Å². The number of halogens is 1. The Balaban J connectivity index is 1.71. The monoisotopic (exact) mass is 346 g/mol. The van der Waals surface area contributed by atoms with Crippen LogP contribution in [0.25, 0.3) is 0 Å². The average Bonchev–Trinajstić information content (AvgIpc) is 2.93. The molecule has 1 aliphatic rings. The van der Waals surface area contributed by atoms with E-state index < -0.39 is 5.60 Å². The molecule has 2 nitrogen and oxygen atoms in total. The number of ether oxygens (including phenoxy) is 1. The van der Waals surface area contributed by atoms with Crippen LogP contribution >= 0.6 is 15.9 Å². The van der Waals surface area contributed by atoms with Crippen LogP contribution < -0.4 is 4.74 Å². The number of rotatable bonds is 4. The maximum Gasteiger partial charge on any atom is 0.122 e. The summed E-state index contributed by atoms with van der Waals surface area (Å²) in [5.41, 5.74) is 2.67. The molecule has 0 aliphatic carbocycles. The number of hydrogen-bond acceptors (Lipinski definition) is 2. The van der Waals surface area contributed by atoms with Gasteiger partial charge in [-0.1, -0.05) is 40.2 Å². The van der Waals surface area contributed by atoms with Crippen molar-refractivity contribution in [1.82, 2.24) is 0 Å². The smallest absolute Gasteiger partial charge is 0.122 e. The molecule has 1 atom stereocenters. The first-order valence-corrected chi connectivity index (χ1v) is 8.07. The minimum atomic E-state index is -0.820. The molecule has 21 heavy (non-hydrogen) atoms. The molecule has 0 bridgehead atoms. The van der Waals surface area contributed by atoms with E-state index in [1.807, 2.05) is 37.3 Å². The third-order valence-corrected chi connectivity index (χ3v) is 4.59. The van der Waals surface area contributed by atoms with Crippen molar-refractivity contribution in [1.29, 1.82) is 0 Å². The summed E-state index contributed by atoms with van der Waals surface area (Å²) in [7, 11) is 0. The fraction of sp³-hybridized carbons (Fsp3) is 0.333. The molecular formula is C18H19BrO2. The lowest BCUT2D eigenvalue weighted by Crippen LogP contribution is -2.22. The Hall–Kier alpha value is -1.32. The van der Waals surface area contributed by atoms with Crippen molar-refractivity contribution in [3.63, 3.8) is 0 Å². The zero-order valence-corrected chi connectivity index (χ0v) is 13.7. The van der Waals surface area contributed by atoms with Crippen LogP contribution in [0.1, 0.15) is 30.0 Å². The van der Waals surface area contributed by atoms with E-state index in [-0.39, 0.29) is 0 Å². The Kier molecular flexibility index (Phi) is 4.05. The average molecular weight is 347 g/mol. The van der Waals surface area contributed by atoms with Crippen LogP contribution in [0.2, 0.25) is 0 Å². The molecule has 110 valence electrons. The molecule has 2 aromatic rings. The molecule has 0 amide bonds. The number of hydrogen-bond donors (Lipinski definition) is 1. The van der Waals surface area contributed by atoms with Crippen molar-refractivity contribution in [3.05, 3.63) is 63.6 Å². The molecule has 0 spiro atoms. The highest BCUT2D eigenvalue weighted by Gasteiger charge is 2.23. The first-order chi connectivity index (χ1) is 10.0. The predicted molar refractivity (Wildman–Crippen MR) is 87.7 cm³/mol. The molecule has 3 heteroatoms. The van der Waals surface area contributed by atoms with Crippen molar-refractivity contribution in [2.24, 2.45) is 0 Å².